The molecule has 34 heavy (non-hydrogen) atoms. The molecule has 3 rings (SSSR count). The molecule has 0 amide bonds. The summed E-state index contributed by atoms with van der Waals surface area (Å²) in [5, 5.41) is 9.30. The molecule has 2 N–H and O–H groups in total. The molecule has 0 bridgehead atoms. The fourth-order valence-electron chi connectivity index (χ4n) is 2.76. The number of nitriles is 1. The average Bonchev–Trinajstić information content (AvgIpc) is 2.88. The molecule has 176 valence electrons. The third-order valence-corrected chi connectivity index (χ3v) is 5.50. The smallest absolute Gasteiger partial charge is 0.179 e. The summed E-state index contributed by atoms with van der Waals surface area (Å²) in [4.78, 5) is 16.0. The van der Waals surface area contributed by atoms with Crippen LogP contribution in [0, 0.1) is 11.3 Å². The van der Waals surface area contributed by atoms with Crippen molar-refractivity contribution in [3.63, 3.8) is 0 Å². The summed E-state index contributed by atoms with van der Waals surface area (Å²) in [6.07, 6.45) is 0.0340. The highest BCUT2D eigenvalue weighted by Crippen LogP contribution is 2.39. The molecule has 0 aliphatic carbocycles. The van der Waals surface area contributed by atoms with Crippen molar-refractivity contribution in [3.8, 4) is 23.3 Å². The van der Waals surface area contributed by atoms with Crippen molar-refractivity contribution in [2.24, 2.45) is 10.7 Å². The number of aldehydes is 1. The van der Waals surface area contributed by atoms with Gasteiger partial charge < -0.3 is 19.9 Å². The topological polar surface area (TPSA) is 107 Å². The van der Waals surface area contributed by atoms with Crippen molar-refractivity contribution in [2.45, 2.75) is 11.0 Å². The Balaban J connectivity index is 0.000000248. The van der Waals surface area contributed by atoms with E-state index in [2.05, 4.69) is 11.7 Å². The van der Waals surface area contributed by atoms with Crippen molar-refractivity contribution in [1.29, 1.82) is 5.26 Å². The number of aliphatic imine (C=N–C) groups is 1. The van der Waals surface area contributed by atoms with Crippen molar-refractivity contribution in [1.82, 2.24) is 0 Å². The van der Waals surface area contributed by atoms with E-state index in [0.29, 0.717) is 33.7 Å². The highest BCUT2D eigenvalue weighted by molar-refractivity contribution is 7.99. The lowest BCUT2D eigenvalue weighted by molar-refractivity contribution is -0.113. The second-order valence-electron chi connectivity index (χ2n) is 6.51. The first-order valence-electron chi connectivity index (χ1n) is 9.92. The van der Waals surface area contributed by atoms with Gasteiger partial charge in [-0.3, -0.25) is 9.79 Å². The fraction of sp³-hybridized carbons (Fsp3) is 0.160. The van der Waals surface area contributed by atoms with Crippen LogP contribution in [0.1, 0.15) is 17.2 Å². The second kappa shape index (κ2) is 13.9. The molecule has 0 saturated heterocycles. The number of carbonyl (C=O) groups is 1. The minimum atomic E-state index is -0.690. The molecule has 7 nitrogen and oxygen atoms in total. The molecule has 0 aliphatic rings. The van der Waals surface area contributed by atoms with Gasteiger partial charge in [0.05, 0.1) is 31.5 Å². The molecule has 1 atom stereocenters. The molecule has 0 aliphatic heterocycles. The highest BCUT2D eigenvalue weighted by Gasteiger charge is 2.12. The number of nitrogens with zero attached hydrogens (tertiary/aromatic N) is 2. The Morgan fingerprint density at radius 1 is 1.12 bits per heavy atom. The van der Waals surface area contributed by atoms with Crippen LogP contribution in [0.3, 0.4) is 0 Å². The summed E-state index contributed by atoms with van der Waals surface area (Å²) in [7, 11) is 3.18. The van der Waals surface area contributed by atoms with E-state index < -0.39 is 6.10 Å². The molecule has 3 aromatic carbocycles. The van der Waals surface area contributed by atoms with Gasteiger partial charge in [-0.2, -0.15) is 5.26 Å². The van der Waals surface area contributed by atoms with E-state index in [0.717, 1.165) is 22.4 Å². The van der Waals surface area contributed by atoms with Gasteiger partial charge in [-0.1, -0.05) is 23.7 Å². The summed E-state index contributed by atoms with van der Waals surface area (Å²) in [6, 6.07) is 19.1. The minimum absolute atomic E-state index is 0.484. The highest BCUT2D eigenvalue weighted by atomic mass is 35.5. The average molecular weight is 498 g/mol. The van der Waals surface area contributed by atoms with Crippen molar-refractivity contribution < 1.29 is 19.0 Å². The van der Waals surface area contributed by atoms with E-state index in [1.165, 1.54) is 11.8 Å². The zero-order chi connectivity index (χ0) is 24.9. The summed E-state index contributed by atoms with van der Waals surface area (Å²) < 4.78 is 15.9. The van der Waals surface area contributed by atoms with Gasteiger partial charge in [0.25, 0.3) is 0 Å². The number of rotatable bonds is 9. The maximum absolute atomic E-state index is 11.1. The molecule has 0 saturated carbocycles. The van der Waals surface area contributed by atoms with Crippen LogP contribution in [-0.2, 0) is 4.79 Å². The first-order valence-corrected chi connectivity index (χ1v) is 11.3. The summed E-state index contributed by atoms with van der Waals surface area (Å²) >= 11 is 7.28. The molecular formula is C25H24ClN3O4S. The van der Waals surface area contributed by atoms with E-state index >= 15 is 0 Å². The van der Waals surface area contributed by atoms with Gasteiger partial charge in [0.15, 0.2) is 23.9 Å². The maximum atomic E-state index is 11.1. The van der Waals surface area contributed by atoms with Crippen LogP contribution in [0.2, 0.25) is 5.02 Å². The SMILES string of the molecule is C=Nc1cc(OC)c(OC)cc1SCN.N#Cc1ccc(OC(C=O)c2ccc(Cl)cc2)cc1. The van der Waals surface area contributed by atoms with E-state index in [-0.39, 0.29) is 0 Å². The number of hydrogen-bond donors (Lipinski definition) is 1. The van der Waals surface area contributed by atoms with Crippen molar-refractivity contribution in [3.05, 3.63) is 76.8 Å². The quantitative estimate of drug-likeness (QED) is 0.178. The van der Waals surface area contributed by atoms with Crippen LogP contribution in [0.25, 0.3) is 0 Å². The number of halogens is 1. The Hall–Kier alpha value is -3.51. The number of hydrogen-bond acceptors (Lipinski definition) is 8. The standard InChI is InChI=1S/C15H10ClNO2.C10H14N2O2S/c16-13-5-3-12(4-6-13)15(10-18)19-14-7-1-11(9-17)2-8-14;1-12-7-4-8(13-2)9(14-3)5-10(7)15-6-11/h1-8,10,15H;4-5H,1,6,11H2,2-3H3. The Bertz CT molecular complexity index is 1130. The number of carbonyl (C=O) groups excluding carboxylic acids is 1. The van der Waals surface area contributed by atoms with E-state index in [1.54, 1.807) is 68.8 Å². The first kappa shape index (κ1) is 26.7. The van der Waals surface area contributed by atoms with Gasteiger partial charge in [0.2, 0.25) is 0 Å². The normalized spacial score (nSPS) is 10.7. The largest absolute Gasteiger partial charge is 0.493 e. The predicted molar refractivity (Wildman–Crippen MR) is 136 cm³/mol. The summed E-state index contributed by atoms with van der Waals surface area (Å²) in [6.45, 7) is 3.50. The van der Waals surface area contributed by atoms with Gasteiger partial charge in [0.1, 0.15) is 5.75 Å². The number of ether oxygens (including phenoxy) is 3. The Morgan fingerprint density at radius 3 is 2.24 bits per heavy atom. The van der Waals surface area contributed by atoms with Crippen LogP contribution in [0.5, 0.6) is 17.2 Å². The fourth-order valence-corrected chi connectivity index (χ4v) is 3.53. The molecule has 0 radical (unpaired) electrons. The Labute approximate surface area is 208 Å². The number of thioether (sulfide) groups is 1. The monoisotopic (exact) mass is 497 g/mol. The minimum Gasteiger partial charge on any atom is -0.493 e. The van der Waals surface area contributed by atoms with Crippen molar-refractivity contribution in [2.75, 3.05) is 20.1 Å². The van der Waals surface area contributed by atoms with Crippen LogP contribution < -0.4 is 19.9 Å². The van der Waals surface area contributed by atoms with Gasteiger partial charge in [0, 0.05) is 21.9 Å². The molecule has 0 aromatic heterocycles. The molecular weight excluding hydrogens is 474 g/mol. The zero-order valence-electron chi connectivity index (χ0n) is 18.7. The molecule has 1 unspecified atom stereocenters. The number of nitrogens with two attached hydrogens (primary N) is 1. The van der Waals surface area contributed by atoms with Gasteiger partial charge in [-0.15, -0.1) is 11.8 Å². The zero-order valence-corrected chi connectivity index (χ0v) is 20.3. The second-order valence-corrected chi connectivity index (χ2v) is 8.00. The molecule has 0 fully saturated rings. The van der Waals surface area contributed by atoms with Crippen LogP contribution in [0.4, 0.5) is 5.69 Å². The summed E-state index contributed by atoms with van der Waals surface area (Å²) in [5.74, 6) is 2.33. The van der Waals surface area contributed by atoms with Gasteiger partial charge in [-0.25, -0.2) is 0 Å². The lowest BCUT2D eigenvalue weighted by Crippen LogP contribution is -2.08. The Morgan fingerprint density at radius 2 is 1.74 bits per heavy atom. The van der Waals surface area contributed by atoms with Crippen LogP contribution in [-0.4, -0.2) is 33.1 Å². The molecule has 3 aromatic rings. The molecule has 0 spiro atoms. The maximum Gasteiger partial charge on any atom is 0.179 e. The molecule has 9 heteroatoms. The van der Waals surface area contributed by atoms with E-state index in [9.17, 15) is 4.79 Å². The Kier molecular flexibility index (Phi) is 10.9. The van der Waals surface area contributed by atoms with Gasteiger partial charge >= 0.3 is 0 Å². The lowest BCUT2D eigenvalue weighted by atomic mass is 10.1. The third kappa shape index (κ3) is 7.52. The van der Waals surface area contributed by atoms with E-state index in [4.69, 9.17) is 36.8 Å². The predicted octanol–water partition coefficient (Wildman–Crippen LogP) is 5.57. The molecule has 0 heterocycles. The summed E-state index contributed by atoms with van der Waals surface area (Å²) in [5.41, 5.74) is 7.50. The van der Waals surface area contributed by atoms with E-state index in [1.807, 2.05) is 12.1 Å². The number of methoxy groups -OCH3 is 2. The van der Waals surface area contributed by atoms with Gasteiger partial charge in [-0.05, 0) is 54.7 Å². The number of benzene rings is 3. The van der Waals surface area contributed by atoms with Crippen molar-refractivity contribution >= 4 is 42.1 Å². The lowest BCUT2D eigenvalue weighted by Gasteiger charge is -2.13. The van der Waals surface area contributed by atoms with Crippen LogP contribution >= 0.6 is 23.4 Å². The first-order chi connectivity index (χ1) is 16.5. The van der Waals surface area contributed by atoms with Crippen LogP contribution in [0.15, 0.2) is 70.6 Å². The third-order valence-electron chi connectivity index (χ3n) is 4.44.